The molecule has 17 heavy (non-hydrogen) atoms. The molecule has 0 N–H and O–H groups in total. The molecule has 0 spiro atoms. The van der Waals surface area contributed by atoms with Crippen LogP contribution in [0.3, 0.4) is 0 Å². The Hall–Kier alpha value is -0.490. The molecule has 3 rings (SSSR count). The van der Waals surface area contributed by atoms with Crippen LogP contribution in [-0.2, 0) is 11.8 Å². The van der Waals surface area contributed by atoms with Gasteiger partial charge in [-0.15, -0.1) is 0 Å². The SMILES string of the molecule is Cc1cc(Cl)cc2c1CC1(C)CCCC2(C)C1. The average Bonchev–Trinajstić information content (AvgIpc) is 2.19. The van der Waals surface area contributed by atoms with Gasteiger partial charge in [0.05, 0.1) is 0 Å². The molecule has 1 aromatic carbocycles. The molecule has 1 saturated carbocycles. The third-order valence-electron chi connectivity index (χ3n) is 5.02. The Morgan fingerprint density at radius 1 is 1.18 bits per heavy atom. The standard InChI is InChI=1S/C16H21Cl/c1-11-7-12(17)8-14-13(11)9-15(2)5-4-6-16(14,3)10-15/h7-8H,4-6,9-10H2,1-3H3. The van der Waals surface area contributed by atoms with Gasteiger partial charge in [0.1, 0.15) is 0 Å². The Balaban J connectivity index is 2.22. The van der Waals surface area contributed by atoms with Crippen LogP contribution in [-0.4, -0.2) is 0 Å². The van der Waals surface area contributed by atoms with Crippen molar-refractivity contribution in [3.8, 4) is 0 Å². The zero-order chi connectivity index (χ0) is 12.3. The molecular formula is C16H21Cl. The van der Waals surface area contributed by atoms with Gasteiger partial charge < -0.3 is 0 Å². The van der Waals surface area contributed by atoms with Crippen molar-refractivity contribution in [1.82, 2.24) is 0 Å². The molecule has 2 bridgehead atoms. The first-order valence-corrected chi connectivity index (χ1v) is 7.09. The maximum atomic E-state index is 6.26. The van der Waals surface area contributed by atoms with E-state index in [1.807, 2.05) is 0 Å². The lowest BCUT2D eigenvalue weighted by Crippen LogP contribution is -2.42. The van der Waals surface area contributed by atoms with Crippen LogP contribution in [0.2, 0.25) is 5.02 Å². The minimum Gasteiger partial charge on any atom is -0.0843 e. The molecule has 0 amide bonds. The summed E-state index contributed by atoms with van der Waals surface area (Å²) in [4.78, 5) is 0. The number of benzene rings is 1. The summed E-state index contributed by atoms with van der Waals surface area (Å²) in [6, 6.07) is 4.36. The van der Waals surface area contributed by atoms with Crippen molar-refractivity contribution in [1.29, 1.82) is 0 Å². The number of aryl methyl sites for hydroxylation is 1. The molecule has 1 fully saturated rings. The summed E-state index contributed by atoms with van der Waals surface area (Å²) in [6.45, 7) is 7.14. The molecule has 1 aromatic rings. The van der Waals surface area contributed by atoms with Gasteiger partial charge in [0.2, 0.25) is 0 Å². The highest BCUT2D eigenvalue weighted by Crippen LogP contribution is 2.55. The number of hydrogen-bond donors (Lipinski definition) is 0. The predicted octanol–water partition coefficient (Wildman–Crippen LogP) is 5.04. The fraction of sp³-hybridized carbons (Fsp3) is 0.625. The van der Waals surface area contributed by atoms with Crippen molar-refractivity contribution < 1.29 is 0 Å². The molecule has 2 aliphatic carbocycles. The van der Waals surface area contributed by atoms with Crippen molar-refractivity contribution in [2.75, 3.05) is 0 Å². The second-order valence-electron chi connectivity index (χ2n) is 6.83. The van der Waals surface area contributed by atoms with Crippen molar-refractivity contribution in [2.24, 2.45) is 5.41 Å². The molecule has 0 aromatic heterocycles. The first-order chi connectivity index (χ1) is 7.92. The highest BCUT2D eigenvalue weighted by molar-refractivity contribution is 6.30. The minimum atomic E-state index is 0.371. The van der Waals surface area contributed by atoms with E-state index >= 15 is 0 Å². The van der Waals surface area contributed by atoms with E-state index in [2.05, 4.69) is 32.9 Å². The average molecular weight is 249 g/mol. The fourth-order valence-corrected chi connectivity index (χ4v) is 4.65. The quantitative estimate of drug-likeness (QED) is 0.603. The molecule has 2 aliphatic rings. The Kier molecular flexibility index (Phi) is 2.39. The Bertz CT molecular complexity index is 477. The summed E-state index contributed by atoms with van der Waals surface area (Å²) in [5.41, 5.74) is 5.42. The fourth-order valence-electron chi connectivity index (χ4n) is 4.38. The van der Waals surface area contributed by atoms with Crippen molar-refractivity contribution in [3.63, 3.8) is 0 Å². The third-order valence-corrected chi connectivity index (χ3v) is 5.24. The van der Waals surface area contributed by atoms with E-state index in [1.54, 1.807) is 11.1 Å². The van der Waals surface area contributed by atoms with Crippen molar-refractivity contribution >= 4 is 11.6 Å². The van der Waals surface area contributed by atoms with Gasteiger partial charge in [-0.25, -0.2) is 0 Å². The van der Waals surface area contributed by atoms with E-state index in [0.717, 1.165) is 5.02 Å². The second kappa shape index (κ2) is 3.51. The van der Waals surface area contributed by atoms with Crippen LogP contribution < -0.4 is 0 Å². The number of hydrogen-bond acceptors (Lipinski definition) is 0. The van der Waals surface area contributed by atoms with Crippen LogP contribution in [0, 0.1) is 12.3 Å². The monoisotopic (exact) mass is 248 g/mol. The van der Waals surface area contributed by atoms with Gasteiger partial charge in [-0.05, 0) is 72.3 Å². The van der Waals surface area contributed by atoms with Gasteiger partial charge in [-0.3, -0.25) is 0 Å². The molecule has 2 unspecified atom stereocenters. The second-order valence-corrected chi connectivity index (χ2v) is 7.26. The molecule has 0 saturated heterocycles. The molecule has 1 heteroatoms. The summed E-state index contributed by atoms with van der Waals surface area (Å²) in [5, 5.41) is 0.914. The van der Waals surface area contributed by atoms with Gasteiger partial charge in [0, 0.05) is 5.02 Å². The van der Waals surface area contributed by atoms with Crippen molar-refractivity contribution in [2.45, 2.75) is 58.3 Å². The maximum Gasteiger partial charge on any atom is 0.0411 e. The molecule has 0 heterocycles. The van der Waals surface area contributed by atoms with Crippen LogP contribution >= 0.6 is 11.6 Å². The number of halogens is 1. The molecule has 0 radical (unpaired) electrons. The van der Waals surface area contributed by atoms with Crippen LogP contribution in [0.1, 0.15) is 56.2 Å². The summed E-state index contributed by atoms with van der Waals surface area (Å²) >= 11 is 6.26. The molecule has 2 atom stereocenters. The smallest absolute Gasteiger partial charge is 0.0411 e. The largest absolute Gasteiger partial charge is 0.0843 e. The highest BCUT2D eigenvalue weighted by Gasteiger charge is 2.45. The van der Waals surface area contributed by atoms with E-state index in [4.69, 9.17) is 11.6 Å². The predicted molar refractivity (Wildman–Crippen MR) is 73.8 cm³/mol. The van der Waals surface area contributed by atoms with Gasteiger partial charge in [0.25, 0.3) is 0 Å². The number of fused-ring (bicyclic) bond motifs is 4. The number of rotatable bonds is 0. The normalized spacial score (nSPS) is 35.5. The van der Waals surface area contributed by atoms with Crippen molar-refractivity contribution in [3.05, 3.63) is 33.8 Å². The lowest BCUT2D eigenvalue weighted by Gasteiger charge is -2.51. The Labute approximate surface area is 109 Å². The topological polar surface area (TPSA) is 0 Å². The molecule has 92 valence electrons. The molecular weight excluding hydrogens is 228 g/mol. The minimum absolute atomic E-state index is 0.371. The lowest BCUT2D eigenvalue weighted by atomic mass is 9.54. The van der Waals surface area contributed by atoms with Crippen LogP contribution in [0.25, 0.3) is 0 Å². The zero-order valence-electron chi connectivity index (χ0n) is 11.1. The third kappa shape index (κ3) is 1.73. The summed E-state index contributed by atoms with van der Waals surface area (Å²) in [7, 11) is 0. The van der Waals surface area contributed by atoms with E-state index < -0.39 is 0 Å². The first-order valence-electron chi connectivity index (χ1n) is 6.72. The van der Waals surface area contributed by atoms with Gasteiger partial charge in [0.15, 0.2) is 0 Å². The van der Waals surface area contributed by atoms with Crippen LogP contribution in [0.5, 0.6) is 0 Å². The molecule has 0 nitrogen and oxygen atoms in total. The lowest BCUT2D eigenvalue weighted by molar-refractivity contribution is 0.121. The van der Waals surface area contributed by atoms with Crippen LogP contribution in [0.15, 0.2) is 12.1 Å². The van der Waals surface area contributed by atoms with E-state index in [0.29, 0.717) is 10.8 Å². The first kappa shape index (κ1) is 11.6. The van der Waals surface area contributed by atoms with Gasteiger partial charge >= 0.3 is 0 Å². The maximum absolute atomic E-state index is 6.26. The van der Waals surface area contributed by atoms with E-state index in [9.17, 15) is 0 Å². The molecule has 0 aliphatic heterocycles. The summed E-state index contributed by atoms with van der Waals surface area (Å²) < 4.78 is 0. The zero-order valence-corrected chi connectivity index (χ0v) is 11.8. The van der Waals surface area contributed by atoms with E-state index in [-0.39, 0.29) is 0 Å². The van der Waals surface area contributed by atoms with Gasteiger partial charge in [-0.1, -0.05) is 31.9 Å². The van der Waals surface area contributed by atoms with Crippen LogP contribution in [0.4, 0.5) is 0 Å². The Morgan fingerprint density at radius 3 is 2.71 bits per heavy atom. The Morgan fingerprint density at radius 2 is 1.94 bits per heavy atom. The van der Waals surface area contributed by atoms with Gasteiger partial charge in [-0.2, -0.15) is 0 Å². The summed E-state index contributed by atoms with van der Waals surface area (Å²) in [6.07, 6.45) is 6.69. The summed E-state index contributed by atoms with van der Waals surface area (Å²) in [5.74, 6) is 0. The van der Waals surface area contributed by atoms with E-state index in [1.165, 1.54) is 37.7 Å². The highest BCUT2D eigenvalue weighted by atomic mass is 35.5.